The van der Waals surface area contributed by atoms with E-state index in [0.717, 1.165) is 36.4 Å². The Kier molecular flexibility index (Phi) is 4.73. The Labute approximate surface area is 160 Å². The normalized spacial score (nSPS) is 14.7. The van der Waals surface area contributed by atoms with Crippen LogP contribution in [0.5, 0.6) is 0 Å². The summed E-state index contributed by atoms with van der Waals surface area (Å²) < 4.78 is 1.47. The number of anilines is 1. The summed E-state index contributed by atoms with van der Waals surface area (Å²) in [7, 11) is 0. The molecule has 3 heterocycles. The van der Waals surface area contributed by atoms with Gasteiger partial charge in [0.1, 0.15) is 22.0 Å². The van der Waals surface area contributed by atoms with Crippen LogP contribution in [0, 0.1) is 6.92 Å². The van der Waals surface area contributed by atoms with E-state index in [2.05, 4.69) is 38.1 Å². The molecule has 1 N–H and O–H groups in total. The first-order valence-corrected chi connectivity index (χ1v) is 9.73. The van der Waals surface area contributed by atoms with E-state index in [9.17, 15) is 4.79 Å². The van der Waals surface area contributed by atoms with Crippen LogP contribution in [-0.4, -0.2) is 36.3 Å². The molecule has 0 aromatic carbocycles. The second kappa shape index (κ2) is 7.16. The lowest BCUT2D eigenvalue weighted by Crippen LogP contribution is -2.34. The van der Waals surface area contributed by atoms with Crippen LogP contribution in [0.2, 0.25) is 0 Å². The number of thiazole rings is 1. The van der Waals surface area contributed by atoms with E-state index in [1.807, 2.05) is 12.3 Å². The Bertz CT molecular complexity index is 953. The highest BCUT2D eigenvalue weighted by Crippen LogP contribution is 2.26. The SMILES string of the molecule is Cc1csc(-c2cnc3ccc(NC(=O)N(S)C4CCCC4)nc3n2)n1. The number of aromatic nitrogens is 4. The molecule has 0 radical (unpaired) electrons. The summed E-state index contributed by atoms with van der Waals surface area (Å²) in [6, 6.07) is 3.42. The molecule has 7 nitrogen and oxygen atoms in total. The number of fused-ring (bicyclic) bond motifs is 1. The number of hydrogen-bond donors (Lipinski definition) is 2. The zero-order valence-electron chi connectivity index (χ0n) is 14.2. The molecule has 26 heavy (non-hydrogen) atoms. The standard InChI is InChI=1S/C17H18N6OS2/c1-10-9-26-16(19-10)13-8-18-12-6-7-14(21-15(12)20-13)22-17(24)23(25)11-4-2-3-5-11/h6-9,11,25H,2-5H2,1H3,(H,20,21,22,24). The molecule has 1 aliphatic carbocycles. The van der Waals surface area contributed by atoms with Crippen LogP contribution in [0.1, 0.15) is 31.4 Å². The lowest BCUT2D eigenvalue weighted by molar-refractivity contribution is 0.230. The number of carbonyl (C=O) groups is 1. The maximum atomic E-state index is 12.4. The third-order valence-corrected chi connectivity index (χ3v) is 5.85. The summed E-state index contributed by atoms with van der Waals surface area (Å²) in [5, 5.41) is 5.56. The zero-order valence-corrected chi connectivity index (χ0v) is 15.9. The first kappa shape index (κ1) is 17.2. The molecule has 134 valence electrons. The number of rotatable bonds is 3. The third-order valence-electron chi connectivity index (χ3n) is 4.36. The van der Waals surface area contributed by atoms with Gasteiger partial charge >= 0.3 is 6.03 Å². The Morgan fingerprint density at radius 3 is 2.81 bits per heavy atom. The Balaban J connectivity index is 1.57. The van der Waals surface area contributed by atoms with E-state index in [0.29, 0.717) is 22.7 Å². The lowest BCUT2D eigenvalue weighted by Gasteiger charge is -2.22. The van der Waals surface area contributed by atoms with Crippen molar-refractivity contribution in [2.45, 2.75) is 38.6 Å². The van der Waals surface area contributed by atoms with Crippen molar-refractivity contribution in [1.82, 2.24) is 24.2 Å². The molecule has 3 aromatic heterocycles. The van der Waals surface area contributed by atoms with Crippen molar-refractivity contribution in [2.24, 2.45) is 0 Å². The Morgan fingerprint density at radius 2 is 2.08 bits per heavy atom. The van der Waals surface area contributed by atoms with Crippen LogP contribution in [-0.2, 0) is 0 Å². The van der Waals surface area contributed by atoms with Gasteiger partial charge in [0.25, 0.3) is 0 Å². The predicted octanol–water partition coefficient (Wildman–Crippen LogP) is 4.08. The van der Waals surface area contributed by atoms with Crippen LogP contribution >= 0.6 is 24.2 Å². The number of nitrogens with zero attached hydrogens (tertiary/aromatic N) is 5. The van der Waals surface area contributed by atoms with E-state index in [1.165, 1.54) is 15.6 Å². The summed E-state index contributed by atoms with van der Waals surface area (Å²) in [4.78, 5) is 30.2. The molecular weight excluding hydrogens is 368 g/mol. The molecule has 3 aromatic rings. The molecule has 1 saturated carbocycles. The predicted molar refractivity (Wildman–Crippen MR) is 105 cm³/mol. The maximum Gasteiger partial charge on any atom is 0.333 e. The number of pyridine rings is 1. The number of carbonyl (C=O) groups excluding carboxylic acids is 1. The molecule has 0 unspecified atom stereocenters. The van der Waals surface area contributed by atoms with Gasteiger partial charge in [-0.05, 0) is 31.9 Å². The minimum absolute atomic E-state index is 0.179. The molecule has 4 rings (SSSR count). The van der Waals surface area contributed by atoms with Crippen molar-refractivity contribution in [3.05, 3.63) is 29.4 Å². The van der Waals surface area contributed by atoms with Gasteiger partial charge in [0.05, 0.1) is 6.20 Å². The summed E-state index contributed by atoms with van der Waals surface area (Å²) in [5.41, 5.74) is 2.76. The van der Waals surface area contributed by atoms with E-state index in [-0.39, 0.29) is 12.1 Å². The molecule has 0 bridgehead atoms. The van der Waals surface area contributed by atoms with Gasteiger partial charge in [-0.3, -0.25) is 14.6 Å². The largest absolute Gasteiger partial charge is 0.333 e. The van der Waals surface area contributed by atoms with Crippen molar-refractivity contribution in [1.29, 1.82) is 0 Å². The van der Waals surface area contributed by atoms with Crippen LogP contribution < -0.4 is 5.32 Å². The van der Waals surface area contributed by atoms with Gasteiger partial charge < -0.3 is 0 Å². The number of thiol groups is 1. The highest BCUT2D eigenvalue weighted by molar-refractivity contribution is 7.78. The van der Waals surface area contributed by atoms with Gasteiger partial charge in [-0.25, -0.2) is 19.7 Å². The van der Waals surface area contributed by atoms with Gasteiger partial charge in [-0.1, -0.05) is 25.7 Å². The fraction of sp³-hybridized carbons (Fsp3) is 0.353. The van der Waals surface area contributed by atoms with Crippen LogP contribution in [0.3, 0.4) is 0 Å². The number of hydrogen-bond acceptors (Lipinski definition) is 7. The lowest BCUT2D eigenvalue weighted by atomic mass is 10.2. The van der Waals surface area contributed by atoms with E-state index >= 15 is 0 Å². The van der Waals surface area contributed by atoms with Crippen molar-refractivity contribution in [2.75, 3.05) is 5.32 Å². The fourth-order valence-corrected chi connectivity index (χ4v) is 4.06. The van der Waals surface area contributed by atoms with Crippen molar-refractivity contribution in [3.8, 4) is 10.7 Å². The molecule has 9 heteroatoms. The first-order valence-electron chi connectivity index (χ1n) is 8.45. The van der Waals surface area contributed by atoms with E-state index in [1.54, 1.807) is 18.3 Å². The monoisotopic (exact) mass is 386 g/mol. The summed E-state index contributed by atoms with van der Waals surface area (Å²) >= 11 is 5.87. The number of urea groups is 1. The number of aryl methyl sites for hydroxylation is 1. The highest BCUT2D eigenvalue weighted by Gasteiger charge is 2.24. The Hall–Kier alpha value is -2.26. The van der Waals surface area contributed by atoms with Gasteiger partial charge in [0, 0.05) is 17.1 Å². The van der Waals surface area contributed by atoms with Gasteiger partial charge in [-0.2, -0.15) is 0 Å². The second-order valence-electron chi connectivity index (χ2n) is 6.30. The summed E-state index contributed by atoms with van der Waals surface area (Å²) in [5.74, 6) is 0.432. The van der Waals surface area contributed by atoms with Crippen molar-refractivity contribution >= 4 is 47.2 Å². The van der Waals surface area contributed by atoms with Crippen LogP contribution in [0.4, 0.5) is 10.6 Å². The summed E-state index contributed by atoms with van der Waals surface area (Å²) in [6.45, 7) is 1.94. The van der Waals surface area contributed by atoms with E-state index < -0.39 is 0 Å². The maximum absolute atomic E-state index is 12.4. The van der Waals surface area contributed by atoms with Crippen LogP contribution in [0.15, 0.2) is 23.7 Å². The minimum Gasteiger partial charge on any atom is -0.291 e. The molecule has 1 aliphatic rings. The second-order valence-corrected chi connectivity index (χ2v) is 7.59. The van der Waals surface area contributed by atoms with Crippen molar-refractivity contribution < 1.29 is 4.79 Å². The molecule has 0 spiro atoms. The Morgan fingerprint density at radius 1 is 1.27 bits per heavy atom. The average Bonchev–Trinajstić information content (AvgIpc) is 3.32. The number of amides is 2. The minimum atomic E-state index is -0.272. The zero-order chi connectivity index (χ0) is 18.1. The van der Waals surface area contributed by atoms with Crippen molar-refractivity contribution in [3.63, 3.8) is 0 Å². The fourth-order valence-electron chi connectivity index (χ4n) is 3.02. The highest BCUT2D eigenvalue weighted by atomic mass is 32.1. The van der Waals surface area contributed by atoms with Gasteiger partial charge in [-0.15, -0.1) is 11.3 Å². The molecule has 2 amide bonds. The quantitative estimate of drug-likeness (QED) is 0.663. The van der Waals surface area contributed by atoms with E-state index in [4.69, 9.17) is 0 Å². The smallest absolute Gasteiger partial charge is 0.291 e. The molecule has 0 atom stereocenters. The average molecular weight is 387 g/mol. The molecular formula is C17H18N6OS2. The molecule has 0 saturated heterocycles. The third kappa shape index (κ3) is 3.49. The summed E-state index contributed by atoms with van der Waals surface area (Å²) in [6.07, 6.45) is 5.94. The number of nitrogens with one attached hydrogen (secondary N) is 1. The molecule has 0 aliphatic heterocycles. The topological polar surface area (TPSA) is 83.9 Å². The van der Waals surface area contributed by atoms with Gasteiger partial charge in [0.2, 0.25) is 0 Å². The first-order chi connectivity index (χ1) is 12.6. The van der Waals surface area contributed by atoms with Gasteiger partial charge in [0.15, 0.2) is 5.65 Å². The van der Waals surface area contributed by atoms with Crippen LogP contribution in [0.25, 0.3) is 21.9 Å². The molecule has 1 fully saturated rings.